The molecule has 0 amide bonds. The fraction of sp³-hybridized carbons (Fsp3) is 0.333. The lowest BCUT2D eigenvalue weighted by Gasteiger charge is -2.41. The van der Waals surface area contributed by atoms with Crippen molar-refractivity contribution in [2.75, 3.05) is 43.6 Å². The molecule has 1 aliphatic rings. The van der Waals surface area contributed by atoms with Gasteiger partial charge in [0.15, 0.2) is 11.6 Å². The first-order valence-electron chi connectivity index (χ1n) is 14.8. The van der Waals surface area contributed by atoms with E-state index in [1.807, 2.05) is 32.6 Å². The van der Waals surface area contributed by atoms with E-state index in [4.69, 9.17) is 50.3 Å². The van der Waals surface area contributed by atoms with E-state index in [1.54, 1.807) is 18.3 Å². The summed E-state index contributed by atoms with van der Waals surface area (Å²) in [6, 6.07) is 5.40. The molecule has 1 aromatic carbocycles. The highest BCUT2D eigenvalue weighted by atomic mass is 35.5. The van der Waals surface area contributed by atoms with Crippen LogP contribution in [0.25, 0.3) is 28.0 Å². The molecule has 0 bridgehead atoms. The van der Waals surface area contributed by atoms with Crippen LogP contribution in [0.4, 0.5) is 20.2 Å². The molecule has 0 unspecified atom stereocenters. The Morgan fingerprint density at radius 2 is 1.94 bits per heavy atom. The highest BCUT2D eigenvalue weighted by Gasteiger charge is 2.32. The second kappa shape index (κ2) is 13.7. The van der Waals surface area contributed by atoms with Crippen LogP contribution in [0.3, 0.4) is 0 Å². The van der Waals surface area contributed by atoms with Gasteiger partial charge in [0.2, 0.25) is 0 Å². The monoisotopic (exact) mass is 701 g/mol. The van der Waals surface area contributed by atoms with E-state index < -0.39 is 32.9 Å². The minimum absolute atomic E-state index is 0.0174. The number of hydrogen-bond acceptors (Lipinski definition) is 8. The number of aryl methyl sites for hydroxylation is 1. The lowest BCUT2D eigenvalue weighted by molar-refractivity contribution is 0.0166. The van der Waals surface area contributed by atoms with Crippen LogP contribution in [0.15, 0.2) is 35.8 Å². The van der Waals surface area contributed by atoms with Crippen LogP contribution < -0.4 is 16.2 Å². The zero-order chi connectivity index (χ0) is 34.3. The molecule has 9 nitrogen and oxygen atoms in total. The summed E-state index contributed by atoms with van der Waals surface area (Å²) in [5, 5.41) is 9.77. The SMILES string of the molecule is C=CCOCN1CCN(c2c(C#N)c(=O)n(-c3c(C)ccnc3C(C)C)c3nc(-c4c(Cl)c(N)c(F)c(F)c4Cl)c(Cl)cc23)C[C@H]1C. The van der Waals surface area contributed by atoms with Gasteiger partial charge >= 0.3 is 0 Å². The number of nitrogen functional groups attached to an aromatic ring is 1. The van der Waals surface area contributed by atoms with Crippen LogP contribution in [-0.2, 0) is 4.74 Å². The molecule has 5 rings (SSSR count). The van der Waals surface area contributed by atoms with Crippen LogP contribution in [0.5, 0.6) is 0 Å². The fourth-order valence-corrected chi connectivity index (χ4v) is 6.70. The van der Waals surface area contributed by atoms with Gasteiger partial charge in [0, 0.05) is 42.8 Å². The first-order valence-corrected chi connectivity index (χ1v) is 15.9. The molecule has 1 saturated heterocycles. The first kappa shape index (κ1) is 34.5. The molecule has 0 aliphatic carbocycles. The van der Waals surface area contributed by atoms with E-state index in [0.717, 1.165) is 0 Å². The summed E-state index contributed by atoms with van der Waals surface area (Å²) in [4.78, 5) is 28.0. The summed E-state index contributed by atoms with van der Waals surface area (Å²) in [6.07, 6.45) is 3.32. The predicted octanol–water partition coefficient (Wildman–Crippen LogP) is 7.24. The van der Waals surface area contributed by atoms with Crippen LogP contribution in [0.2, 0.25) is 15.1 Å². The van der Waals surface area contributed by atoms with E-state index in [0.29, 0.717) is 61.0 Å². The van der Waals surface area contributed by atoms with Gasteiger partial charge in [-0.15, -0.1) is 6.58 Å². The van der Waals surface area contributed by atoms with E-state index >= 15 is 0 Å². The average Bonchev–Trinajstić information content (AvgIpc) is 3.04. The zero-order valence-electron chi connectivity index (χ0n) is 26.2. The van der Waals surface area contributed by atoms with Crippen LogP contribution in [0, 0.1) is 29.9 Å². The molecule has 1 atom stereocenters. The number of nitrogens with zero attached hydrogens (tertiary/aromatic N) is 6. The van der Waals surface area contributed by atoms with Crippen molar-refractivity contribution in [2.45, 2.75) is 39.7 Å². The van der Waals surface area contributed by atoms with Gasteiger partial charge in [0.1, 0.15) is 17.3 Å². The van der Waals surface area contributed by atoms with Gasteiger partial charge in [-0.3, -0.25) is 19.2 Å². The Labute approximate surface area is 285 Å². The molecule has 0 radical (unpaired) electrons. The fourth-order valence-electron chi connectivity index (χ4n) is 5.87. The highest BCUT2D eigenvalue weighted by molar-refractivity contribution is 6.42. The lowest BCUT2D eigenvalue weighted by Crippen LogP contribution is -2.53. The van der Waals surface area contributed by atoms with E-state index in [1.165, 1.54) is 10.6 Å². The Bertz CT molecular complexity index is 1980. The second-order valence-corrected chi connectivity index (χ2v) is 12.8. The number of pyridine rings is 3. The number of anilines is 2. The van der Waals surface area contributed by atoms with Crippen molar-refractivity contribution in [3.63, 3.8) is 0 Å². The largest absolute Gasteiger partial charge is 0.395 e. The number of piperazine rings is 1. The van der Waals surface area contributed by atoms with Crippen molar-refractivity contribution in [1.29, 1.82) is 5.26 Å². The summed E-state index contributed by atoms with van der Waals surface area (Å²) in [6.45, 7) is 13.7. The van der Waals surface area contributed by atoms with Crippen LogP contribution in [0.1, 0.15) is 43.5 Å². The quantitative estimate of drug-likeness (QED) is 0.0672. The van der Waals surface area contributed by atoms with Crippen molar-refractivity contribution >= 4 is 57.2 Å². The van der Waals surface area contributed by atoms with Crippen LogP contribution >= 0.6 is 34.8 Å². The molecule has 3 aromatic heterocycles. The second-order valence-electron chi connectivity index (χ2n) is 11.6. The molecule has 1 aliphatic heterocycles. The zero-order valence-corrected chi connectivity index (χ0v) is 28.4. The number of aromatic nitrogens is 3. The third kappa shape index (κ3) is 6.05. The van der Waals surface area contributed by atoms with Crippen LogP contribution in [-0.4, -0.2) is 58.4 Å². The molecule has 4 heterocycles. The summed E-state index contributed by atoms with van der Waals surface area (Å²) < 4.78 is 36.3. The Kier molecular flexibility index (Phi) is 10.1. The number of benzene rings is 1. The molecule has 1 fully saturated rings. The molecule has 4 aromatic rings. The van der Waals surface area contributed by atoms with Gasteiger partial charge in [-0.05, 0) is 37.5 Å². The Morgan fingerprint density at radius 3 is 2.57 bits per heavy atom. The predicted molar refractivity (Wildman–Crippen MR) is 183 cm³/mol. The molecule has 246 valence electrons. The maximum absolute atomic E-state index is 14.9. The first-order chi connectivity index (χ1) is 22.3. The number of rotatable bonds is 8. The Hall–Kier alpha value is -3.79. The van der Waals surface area contributed by atoms with E-state index in [-0.39, 0.29) is 39.5 Å². The normalized spacial score (nSPS) is 15.4. The van der Waals surface area contributed by atoms with Gasteiger partial charge in [-0.1, -0.05) is 54.7 Å². The molecular formula is C33H32Cl3F2N7O2. The minimum atomic E-state index is -1.42. The summed E-state index contributed by atoms with van der Waals surface area (Å²) in [7, 11) is 0. The molecule has 2 N–H and O–H groups in total. The smallest absolute Gasteiger partial charge is 0.276 e. The molecule has 47 heavy (non-hydrogen) atoms. The van der Waals surface area contributed by atoms with Gasteiger partial charge < -0.3 is 15.4 Å². The van der Waals surface area contributed by atoms with E-state index in [9.17, 15) is 18.8 Å². The summed E-state index contributed by atoms with van der Waals surface area (Å²) in [5.74, 6) is -2.96. The number of fused-ring (bicyclic) bond motifs is 1. The Morgan fingerprint density at radius 1 is 1.21 bits per heavy atom. The third-order valence-electron chi connectivity index (χ3n) is 8.22. The standard InChI is InChI=1S/C33H32Cl3F2N7O2/c1-6-11-47-15-44-10-9-43(14-18(44)5)31-19-12-21(34)29(22-23(35)25(37)26(38)27(40)24(22)36)42-32(19)45(33(46)20(31)13-39)30-17(4)7-8-41-28(30)16(2)3/h6-8,12,16,18H,1,9-11,14-15,40H2,2-5H3/t18-/m1/s1. The highest BCUT2D eigenvalue weighted by Crippen LogP contribution is 2.45. The molecular weight excluding hydrogens is 671 g/mol. The van der Waals surface area contributed by atoms with E-state index in [2.05, 4.69) is 22.5 Å². The number of hydrogen-bond donors (Lipinski definition) is 1. The summed E-state index contributed by atoms with van der Waals surface area (Å²) in [5.41, 5.74) is 6.13. The number of nitriles is 1. The molecule has 0 saturated carbocycles. The molecule has 0 spiro atoms. The molecule has 14 heteroatoms. The lowest BCUT2D eigenvalue weighted by atomic mass is 10.0. The number of ether oxygens (including phenoxy) is 1. The maximum Gasteiger partial charge on any atom is 0.276 e. The van der Waals surface area contributed by atoms with Crippen molar-refractivity contribution in [2.24, 2.45) is 0 Å². The number of halogens is 5. The topological polar surface area (TPSA) is 113 Å². The van der Waals surface area contributed by atoms with Crippen molar-refractivity contribution < 1.29 is 13.5 Å². The number of nitrogens with two attached hydrogens (primary N) is 1. The minimum Gasteiger partial charge on any atom is -0.395 e. The average molecular weight is 703 g/mol. The third-order valence-corrected chi connectivity index (χ3v) is 9.26. The van der Waals surface area contributed by atoms with Gasteiger partial charge in [0.25, 0.3) is 5.56 Å². The van der Waals surface area contributed by atoms with Gasteiger partial charge in [0.05, 0.1) is 56.9 Å². The Balaban J connectivity index is 1.87. The van der Waals surface area contributed by atoms with Crippen molar-refractivity contribution in [3.05, 3.63) is 84.9 Å². The maximum atomic E-state index is 14.9. The summed E-state index contributed by atoms with van der Waals surface area (Å²) >= 11 is 19.5. The van der Waals surface area contributed by atoms with Crippen molar-refractivity contribution in [1.82, 2.24) is 19.4 Å². The van der Waals surface area contributed by atoms with Gasteiger partial charge in [-0.2, -0.15) is 5.26 Å². The van der Waals surface area contributed by atoms with Crippen molar-refractivity contribution in [3.8, 4) is 23.0 Å². The van der Waals surface area contributed by atoms with Gasteiger partial charge in [-0.25, -0.2) is 13.8 Å².